The predicted molar refractivity (Wildman–Crippen MR) is 107 cm³/mol. The van der Waals surface area contributed by atoms with Crippen LogP contribution in [-0.2, 0) is 6.54 Å². The lowest BCUT2D eigenvalue weighted by atomic mass is 10.2. The first-order chi connectivity index (χ1) is 12.0. The third-order valence-corrected chi connectivity index (χ3v) is 5.38. The smallest absolute Gasteiger partial charge is 0.255 e. The molecule has 0 aliphatic rings. The second-order valence-electron chi connectivity index (χ2n) is 6.04. The van der Waals surface area contributed by atoms with Gasteiger partial charge in [-0.1, -0.05) is 29.8 Å². The Bertz CT molecular complexity index is 887. The first kappa shape index (κ1) is 20.2. The van der Waals surface area contributed by atoms with Crippen LogP contribution in [0.5, 0.6) is 0 Å². The van der Waals surface area contributed by atoms with Gasteiger partial charge in [0, 0.05) is 5.56 Å². The molecule has 3 aromatic rings. The molecular weight excluding hydrogens is 370 g/mol. The molecule has 26 heavy (non-hydrogen) atoms. The lowest BCUT2D eigenvalue weighted by Crippen LogP contribution is -2.26. The molecule has 1 aromatic carbocycles. The summed E-state index contributed by atoms with van der Waals surface area (Å²) >= 11 is 1.60. The molecule has 0 aliphatic heterocycles. The summed E-state index contributed by atoms with van der Waals surface area (Å²) in [5, 5.41) is 3.96. The SMILES string of the molecule is Cc1ccc(-c2nc(C)c(C(C)NC(=O)c3coc(CN)c3)s2)cc1.Cl. The summed E-state index contributed by atoms with van der Waals surface area (Å²) in [7, 11) is 0. The van der Waals surface area contributed by atoms with E-state index in [1.165, 1.54) is 11.8 Å². The standard InChI is InChI=1S/C19H21N3O2S.ClH/c1-11-4-6-14(7-5-11)19-22-13(3)17(25-19)12(2)21-18(23)15-8-16(9-20)24-10-15;/h4-8,10,12H,9,20H2,1-3H3,(H,21,23);1H. The molecule has 0 spiro atoms. The Hall–Kier alpha value is -2.15. The topological polar surface area (TPSA) is 81.2 Å². The minimum atomic E-state index is -0.180. The number of furan rings is 1. The van der Waals surface area contributed by atoms with Crippen LogP contribution in [-0.4, -0.2) is 10.9 Å². The number of rotatable bonds is 5. The largest absolute Gasteiger partial charge is 0.467 e. The van der Waals surface area contributed by atoms with Crippen molar-refractivity contribution >= 4 is 29.7 Å². The second-order valence-corrected chi connectivity index (χ2v) is 7.07. The molecule has 0 fully saturated rings. The highest BCUT2D eigenvalue weighted by Crippen LogP contribution is 2.32. The molecule has 0 aliphatic carbocycles. The van der Waals surface area contributed by atoms with Gasteiger partial charge in [0.15, 0.2) is 0 Å². The van der Waals surface area contributed by atoms with E-state index >= 15 is 0 Å². The maximum atomic E-state index is 12.4. The van der Waals surface area contributed by atoms with Gasteiger partial charge in [0.25, 0.3) is 5.91 Å². The fourth-order valence-corrected chi connectivity index (χ4v) is 3.66. The third-order valence-electron chi connectivity index (χ3n) is 3.99. The van der Waals surface area contributed by atoms with Gasteiger partial charge >= 0.3 is 0 Å². The molecule has 0 bridgehead atoms. The first-order valence-corrected chi connectivity index (χ1v) is 8.92. The lowest BCUT2D eigenvalue weighted by molar-refractivity contribution is 0.0940. The van der Waals surface area contributed by atoms with Gasteiger partial charge < -0.3 is 15.5 Å². The average Bonchev–Trinajstić information content (AvgIpc) is 3.22. The molecule has 2 heterocycles. The second kappa shape index (κ2) is 8.49. The van der Waals surface area contributed by atoms with Crippen molar-refractivity contribution in [3.63, 3.8) is 0 Å². The highest BCUT2D eigenvalue weighted by Gasteiger charge is 2.19. The Morgan fingerprint density at radius 2 is 2.00 bits per heavy atom. The molecule has 3 rings (SSSR count). The van der Waals surface area contributed by atoms with Crippen LogP contribution in [0.1, 0.15) is 45.2 Å². The van der Waals surface area contributed by atoms with E-state index in [0.29, 0.717) is 11.3 Å². The summed E-state index contributed by atoms with van der Waals surface area (Å²) in [6, 6.07) is 9.82. The van der Waals surface area contributed by atoms with E-state index in [1.807, 2.05) is 13.8 Å². The van der Waals surface area contributed by atoms with Gasteiger partial charge in [-0.25, -0.2) is 4.98 Å². The molecule has 138 valence electrons. The van der Waals surface area contributed by atoms with E-state index in [1.54, 1.807) is 17.4 Å². The Kier molecular flexibility index (Phi) is 6.58. The quantitative estimate of drug-likeness (QED) is 0.675. The summed E-state index contributed by atoms with van der Waals surface area (Å²) in [4.78, 5) is 18.1. The molecule has 0 saturated carbocycles. The van der Waals surface area contributed by atoms with Crippen molar-refractivity contribution in [2.24, 2.45) is 5.73 Å². The molecule has 1 atom stereocenters. The van der Waals surface area contributed by atoms with Crippen LogP contribution in [0.3, 0.4) is 0 Å². The summed E-state index contributed by atoms with van der Waals surface area (Å²) in [5.41, 5.74) is 9.23. The number of aryl methyl sites for hydroxylation is 2. The summed E-state index contributed by atoms with van der Waals surface area (Å²) in [6.45, 7) is 6.26. The number of aromatic nitrogens is 1. The van der Waals surface area contributed by atoms with Crippen LogP contribution in [0, 0.1) is 13.8 Å². The van der Waals surface area contributed by atoms with Crippen molar-refractivity contribution in [3.8, 4) is 10.6 Å². The summed E-state index contributed by atoms with van der Waals surface area (Å²) in [5.74, 6) is 0.411. The van der Waals surface area contributed by atoms with Crippen LogP contribution < -0.4 is 11.1 Å². The Balaban J connectivity index is 0.00000243. The number of nitrogens with zero attached hydrogens (tertiary/aromatic N) is 1. The maximum absolute atomic E-state index is 12.4. The van der Waals surface area contributed by atoms with Gasteiger partial charge in [0.05, 0.1) is 28.7 Å². The number of nitrogens with two attached hydrogens (primary N) is 1. The lowest BCUT2D eigenvalue weighted by Gasteiger charge is -2.11. The molecule has 3 N–H and O–H groups in total. The van der Waals surface area contributed by atoms with Crippen LogP contribution in [0.15, 0.2) is 41.0 Å². The Morgan fingerprint density at radius 3 is 2.62 bits per heavy atom. The number of carbonyl (C=O) groups excluding carboxylic acids is 1. The third kappa shape index (κ3) is 4.33. The molecule has 1 amide bonds. The number of halogens is 1. The minimum Gasteiger partial charge on any atom is -0.467 e. The number of carbonyl (C=O) groups is 1. The Labute approximate surface area is 163 Å². The van der Waals surface area contributed by atoms with Gasteiger partial charge in [0.1, 0.15) is 17.0 Å². The van der Waals surface area contributed by atoms with Crippen molar-refractivity contribution in [1.82, 2.24) is 10.3 Å². The van der Waals surface area contributed by atoms with Gasteiger partial charge in [0.2, 0.25) is 0 Å². The van der Waals surface area contributed by atoms with E-state index in [0.717, 1.165) is 21.1 Å². The zero-order chi connectivity index (χ0) is 18.0. The number of amides is 1. The number of benzene rings is 1. The molecule has 7 heteroatoms. The number of hydrogen-bond acceptors (Lipinski definition) is 5. The van der Waals surface area contributed by atoms with Gasteiger partial charge in [-0.2, -0.15) is 0 Å². The number of nitrogens with one attached hydrogen (secondary N) is 1. The fraction of sp³-hybridized carbons (Fsp3) is 0.263. The number of hydrogen-bond donors (Lipinski definition) is 2. The monoisotopic (exact) mass is 391 g/mol. The van der Waals surface area contributed by atoms with Crippen LogP contribution in [0.4, 0.5) is 0 Å². The first-order valence-electron chi connectivity index (χ1n) is 8.10. The van der Waals surface area contributed by atoms with E-state index < -0.39 is 0 Å². The fourth-order valence-electron chi connectivity index (χ4n) is 2.58. The van der Waals surface area contributed by atoms with E-state index in [9.17, 15) is 4.79 Å². The average molecular weight is 392 g/mol. The zero-order valence-electron chi connectivity index (χ0n) is 14.9. The highest BCUT2D eigenvalue weighted by atomic mass is 35.5. The van der Waals surface area contributed by atoms with Crippen molar-refractivity contribution in [1.29, 1.82) is 0 Å². The van der Waals surface area contributed by atoms with Gasteiger partial charge in [-0.15, -0.1) is 23.7 Å². The molecule has 0 radical (unpaired) electrons. The van der Waals surface area contributed by atoms with E-state index in [2.05, 4.69) is 41.5 Å². The summed E-state index contributed by atoms with van der Waals surface area (Å²) < 4.78 is 5.22. The molecule has 5 nitrogen and oxygen atoms in total. The number of thiazole rings is 1. The Morgan fingerprint density at radius 1 is 1.31 bits per heavy atom. The predicted octanol–water partition coefficient (Wildman–Crippen LogP) is 4.39. The molecule has 0 saturated heterocycles. The van der Waals surface area contributed by atoms with Crippen molar-refractivity contribution in [3.05, 3.63) is 64.1 Å². The van der Waals surface area contributed by atoms with E-state index in [-0.39, 0.29) is 30.9 Å². The van der Waals surface area contributed by atoms with Gasteiger partial charge in [-0.3, -0.25) is 4.79 Å². The van der Waals surface area contributed by atoms with Crippen LogP contribution >= 0.6 is 23.7 Å². The van der Waals surface area contributed by atoms with Crippen LogP contribution in [0.2, 0.25) is 0 Å². The molecule has 1 unspecified atom stereocenters. The maximum Gasteiger partial charge on any atom is 0.255 e. The van der Waals surface area contributed by atoms with Crippen LogP contribution in [0.25, 0.3) is 10.6 Å². The van der Waals surface area contributed by atoms with Gasteiger partial charge in [-0.05, 0) is 26.8 Å². The zero-order valence-corrected chi connectivity index (χ0v) is 16.5. The minimum absolute atomic E-state index is 0. The van der Waals surface area contributed by atoms with E-state index in [4.69, 9.17) is 10.2 Å². The normalized spacial score (nSPS) is 11.7. The molecular formula is C19H22ClN3O2S. The molecule has 2 aromatic heterocycles. The highest BCUT2D eigenvalue weighted by molar-refractivity contribution is 7.15. The van der Waals surface area contributed by atoms with Crippen molar-refractivity contribution < 1.29 is 9.21 Å². The van der Waals surface area contributed by atoms with Crippen molar-refractivity contribution in [2.75, 3.05) is 0 Å². The van der Waals surface area contributed by atoms with Crippen molar-refractivity contribution in [2.45, 2.75) is 33.4 Å². The summed E-state index contributed by atoms with van der Waals surface area (Å²) in [6.07, 6.45) is 1.43.